The fourth-order valence-electron chi connectivity index (χ4n) is 1.65. The van der Waals surface area contributed by atoms with Gasteiger partial charge in [0.2, 0.25) is 0 Å². The van der Waals surface area contributed by atoms with Crippen molar-refractivity contribution in [2.75, 3.05) is 33.7 Å². The normalized spacial score (nSPS) is 17.1. The molecule has 0 spiro atoms. The summed E-state index contributed by atoms with van der Waals surface area (Å²) in [5, 5.41) is 3.25. The number of hydrogen-bond acceptors (Lipinski definition) is 3. The summed E-state index contributed by atoms with van der Waals surface area (Å²) in [6, 6.07) is 0.561. The molecule has 0 atom stereocenters. The minimum Gasteiger partial charge on any atom is -0.314 e. The summed E-state index contributed by atoms with van der Waals surface area (Å²) in [4.78, 5) is 0. The first-order valence-corrected chi connectivity index (χ1v) is 8.00. The molecule has 0 saturated heterocycles. The SMILES string of the molecule is CN(CCCNC1CC1)S(=O)(=O)N(C)CCC(F)(F)F. The Morgan fingerprint density at radius 3 is 2.20 bits per heavy atom. The first-order chi connectivity index (χ1) is 9.13. The molecule has 20 heavy (non-hydrogen) atoms. The smallest absolute Gasteiger partial charge is 0.314 e. The summed E-state index contributed by atoms with van der Waals surface area (Å²) < 4.78 is 62.0. The highest BCUT2D eigenvalue weighted by atomic mass is 32.2. The highest BCUT2D eigenvalue weighted by Gasteiger charge is 2.31. The van der Waals surface area contributed by atoms with Crippen molar-refractivity contribution in [3.8, 4) is 0 Å². The van der Waals surface area contributed by atoms with E-state index in [9.17, 15) is 21.6 Å². The predicted molar refractivity (Wildman–Crippen MR) is 70.5 cm³/mol. The third-order valence-electron chi connectivity index (χ3n) is 3.16. The quantitative estimate of drug-likeness (QED) is 0.650. The summed E-state index contributed by atoms with van der Waals surface area (Å²) in [6.45, 7) is 0.450. The van der Waals surface area contributed by atoms with Crippen LogP contribution in [0.1, 0.15) is 25.7 Å². The van der Waals surface area contributed by atoms with Gasteiger partial charge in [-0.3, -0.25) is 0 Å². The molecule has 0 amide bonds. The van der Waals surface area contributed by atoms with Gasteiger partial charge in [-0.2, -0.15) is 30.2 Å². The van der Waals surface area contributed by atoms with Crippen LogP contribution in [0.3, 0.4) is 0 Å². The van der Waals surface area contributed by atoms with Gasteiger partial charge < -0.3 is 5.32 Å². The van der Waals surface area contributed by atoms with Crippen molar-refractivity contribution < 1.29 is 21.6 Å². The second kappa shape index (κ2) is 7.06. The molecule has 0 bridgehead atoms. The Kier molecular flexibility index (Phi) is 6.24. The van der Waals surface area contributed by atoms with Crippen LogP contribution in [0.2, 0.25) is 0 Å². The van der Waals surface area contributed by atoms with E-state index < -0.39 is 29.4 Å². The van der Waals surface area contributed by atoms with Crippen molar-refractivity contribution >= 4 is 10.2 Å². The minimum atomic E-state index is -4.35. The molecule has 1 N–H and O–H groups in total. The molecule has 0 aliphatic heterocycles. The molecule has 0 aromatic rings. The van der Waals surface area contributed by atoms with E-state index in [0.29, 0.717) is 19.0 Å². The molecule has 120 valence electrons. The van der Waals surface area contributed by atoms with Crippen molar-refractivity contribution in [1.29, 1.82) is 0 Å². The summed E-state index contributed by atoms with van der Waals surface area (Å²) in [6.07, 6.45) is -2.53. The maximum atomic E-state index is 12.1. The first-order valence-electron chi connectivity index (χ1n) is 6.60. The fraction of sp³-hybridized carbons (Fsp3) is 1.00. The van der Waals surface area contributed by atoms with Crippen LogP contribution in [-0.4, -0.2) is 63.0 Å². The standard InChI is InChI=1S/C11H22F3N3O2S/c1-16(8-3-7-15-10-4-5-10)20(18,19)17(2)9-6-11(12,13)14/h10,15H,3-9H2,1-2H3. The molecule has 0 aromatic heterocycles. The Morgan fingerprint density at radius 2 is 1.70 bits per heavy atom. The molecule has 0 heterocycles. The average molecular weight is 317 g/mol. The summed E-state index contributed by atoms with van der Waals surface area (Å²) in [5.74, 6) is 0. The zero-order chi connectivity index (χ0) is 15.4. The molecular weight excluding hydrogens is 295 g/mol. The highest BCUT2D eigenvalue weighted by Crippen LogP contribution is 2.20. The van der Waals surface area contributed by atoms with Crippen molar-refractivity contribution in [2.24, 2.45) is 0 Å². The van der Waals surface area contributed by atoms with Gasteiger partial charge in [0.05, 0.1) is 6.42 Å². The molecule has 0 aromatic carbocycles. The van der Waals surface area contributed by atoms with E-state index in [2.05, 4.69) is 5.32 Å². The van der Waals surface area contributed by atoms with Crippen molar-refractivity contribution in [3.63, 3.8) is 0 Å². The van der Waals surface area contributed by atoms with Crippen molar-refractivity contribution in [3.05, 3.63) is 0 Å². The maximum absolute atomic E-state index is 12.1. The van der Waals surface area contributed by atoms with Crippen LogP contribution in [-0.2, 0) is 10.2 Å². The number of alkyl halides is 3. The van der Waals surface area contributed by atoms with Crippen LogP contribution >= 0.6 is 0 Å². The highest BCUT2D eigenvalue weighted by molar-refractivity contribution is 7.86. The lowest BCUT2D eigenvalue weighted by molar-refractivity contribution is -0.135. The number of hydrogen-bond donors (Lipinski definition) is 1. The van der Waals surface area contributed by atoms with E-state index in [1.807, 2.05) is 0 Å². The number of nitrogens with one attached hydrogen (secondary N) is 1. The summed E-state index contributed by atoms with van der Waals surface area (Å²) in [7, 11) is -1.26. The second-order valence-electron chi connectivity index (χ2n) is 5.10. The fourth-order valence-corrected chi connectivity index (χ4v) is 2.81. The topological polar surface area (TPSA) is 52.7 Å². The Bertz CT molecular complexity index is 396. The number of rotatable bonds is 9. The molecule has 0 unspecified atom stereocenters. The molecule has 9 heteroatoms. The Balaban J connectivity index is 2.31. The lowest BCUT2D eigenvalue weighted by atomic mass is 10.4. The van der Waals surface area contributed by atoms with Gasteiger partial charge in [-0.05, 0) is 25.8 Å². The van der Waals surface area contributed by atoms with Gasteiger partial charge in [-0.25, -0.2) is 0 Å². The first kappa shape index (κ1) is 17.7. The van der Waals surface area contributed by atoms with E-state index in [1.165, 1.54) is 14.1 Å². The molecule has 1 aliphatic carbocycles. The van der Waals surface area contributed by atoms with Crippen LogP contribution in [0.5, 0.6) is 0 Å². The second-order valence-corrected chi connectivity index (χ2v) is 7.24. The molecule has 1 fully saturated rings. The number of halogens is 3. The molecule has 1 aliphatic rings. The van der Waals surface area contributed by atoms with Crippen LogP contribution in [0.15, 0.2) is 0 Å². The Hall–Kier alpha value is -0.380. The average Bonchev–Trinajstić information content (AvgIpc) is 3.14. The van der Waals surface area contributed by atoms with Gasteiger partial charge in [0, 0.05) is 33.2 Å². The zero-order valence-electron chi connectivity index (χ0n) is 11.8. The lowest BCUT2D eigenvalue weighted by Gasteiger charge is -2.24. The van der Waals surface area contributed by atoms with Gasteiger partial charge >= 0.3 is 6.18 Å². The van der Waals surface area contributed by atoms with Gasteiger partial charge in [0.1, 0.15) is 0 Å². The largest absolute Gasteiger partial charge is 0.390 e. The van der Waals surface area contributed by atoms with Crippen LogP contribution in [0, 0.1) is 0 Å². The van der Waals surface area contributed by atoms with Crippen LogP contribution in [0.25, 0.3) is 0 Å². The third kappa shape index (κ3) is 6.38. The maximum Gasteiger partial charge on any atom is 0.390 e. The zero-order valence-corrected chi connectivity index (χ0v) is 12.6. The molecule has 1 rings (SSSR count). The van der Waals surface area contributed by atoms with Crippen LogP contribution < -0.4 is 5.32 Å². The van der Waals surface area contributed by atoms with E-state index in [4.69, 9.17) is 0 Å². The van der Waals surface area contributed by atoms with Crippen molar-refractivity contribution in [1.82, 2.24) is 13.9 Å². The van der Waals surface area contributed by atoms with E-state index in [-0.39, 0.29) is 0 Å². The molecule has 0 radical (unpaired) electrons. The van der Waals surface area contributed by atoms with Gasteiger partial charge in [0.15, 0.2) is 0 Å². The molecule has 5 nitrogen and oxygen atoms in total. The van der Waals surface area contributed by atoms with E-state index in [0.717, 1.165) is 28.0 Å². The van der Waals surface area contributed by atoms with E-state index in [1.54, 1.807) is 0 Å². The monoisotopic (exact) mass is 317 g/mol. The summed E-state index contributed by atoms with van der Waals surface area (Å²) >= 11 is 0. The summed E-state index contributed by atoms with van der Waals surface area (Å²) in [5.41, 5.74) is 0. The van der Waals surface area contributed by atoms with Crippen molar-refractivity contribution in [2.45, 2.75) is 37.9 Å². The molecule has 1 saturated carbocycles. The number of nitrogens with zero attached hydrogens (tertiary/aromatic N) is 2. The predicted octanol–water partition coefficient (Wildman–Crippen LogP) is 1.19. The Labute approximate surface area is 118 Å². The van der Waals surface area contributed by atoms with Gasteiger partial charge in [0.25, 0.3) is 10.2 Å². The Morgan fingerprint density at radius 1 is 1.15 bits per heavy atom. The van der Waals surface area contributed by atoms with Gasteiger partial charge in [-0.1, -0.05) is 0 Å². The van der Waals surface area contributed by atoms with Crippen LogP contribution in [0.4, 0.5) is 13.2 Å². The minimum absolute atomic E-state index is 0.290. The molecular formula is C11H22F3N3O2S. The van der Waals surface area contributed by atoms with E-state index >= 15 is 0 Å². The lowest BCUT2D eigenvalue weighted by Crippen LogP contribution is -2.41. The van der Waals surface area contributed by atoms with Gasteiger partial charge in [-0.15, -0.1) is 0 Å². The third-order valence-corrected chi connectivity index (χ3v) is 5.10.